The van der Waals surface area contributed by atoms with E-state index in [0.29, 0.717) is 41.9 Å². The molecule has 1 aliphatic rings. The first-order valence-corrected chi connectivity index (χ1v) is 8.69. The molecule has 8 heteroatoms. The molecule has 1 aromatic heterocycles. The molecule has 1 fully saturated rings. The van der Waals surface area contributed by atoms with Gasteiger partial charge in [-0.25, -0.2) is 9.97 Å². The second kappa shape index (κ2) is 8.57. The summed E-state index contributed by atoms with van der Waals surface area (Å²) in [6.07, 6.45) is 4.80. The topological polar surface area (TPSA) is 83.0 Å². The molecule has 1 aliphatic heterocycles. The first-order valence-electron chi connectivity index (χ1n) is 8.69. The highest BCUT2D eigenvalue weighted by Crippen LogP contribution is 2.38. The van der Waals surface area contributed by atoms with E-state index in [2.05, 4.69) is 9.97 Å². The Kier molecular flexibility index (Phi) is 5.95. The molecule has 3 rings (SSSR count). The van der Waals surface area contributed by atoms with Crippen LogP contribution in [0.2, 0.25) is 0 Å². The molecule has 0 aliphatic carbocycles. The van der Waals surface area contributed by atoms with Crippen molar-refractivity contribution in [2.24, 2.45) is 0 Å². The highest BCUT2D eigenvalue weighted by molar-refractivity contribution is 5.95. The lowest BCUT2D eigenvalue weighted by molar-refractivity contribution is 0.0515. The Hall–Kier alpha value is -3.03. The zero-order valence-electron chi connectivity index (χ0n) is 15.7. The molecule has 0 radical (unpaired) electrons. The zero-order valence-corrected chi connectivity index (χ0v) is 15.7. The number of piperidine rings is 1. The third kappa shape index (κ3) is 4.21. The Bertz CT molecular complexity index is 759. The lowest BCUT2D eigenvalue weighted by Gasteiger charge is -2.32. The normalized spacial score (nSPS) is 16.6. The van der Waals surface area contributed by atoms with Crippen molar-refractivity contribution in [2.45, 2.75) is 18.9 Å². The SMILES string of the molecule is COc1cc(C(=O)N2CCCC(Oc3ncccn3)C2)cc(OC)c1OC. The van der Waals surface area contributed by atoms with Gasteiger partial charge in [0.25, 0.3) is 5.91 Å². The standard InChI is InChI=1S/C19H23N3O5/c1-24-15-10-13(11-16(25-2)17(15)26-3)18(23)22-9-4-6-14(12-22)27-19-20-7-5-8-21-19/h5,7-8,10-11,14H,4,6,9,12H2,1-3H3. The van der Waals surface area contributed by atoms with Crippen LogP contribution in [0.15, 0.2) is 30.6 Å². The molecule has 1 saturated heterocycles. The van der Waals surface area contributed by atoms with Gasteiger partial charge in [-0.15, -0.1) is 0 Å². The molecule has 1 unspecified atom stereocenters. The van der Waals surface area contributed by atoms with Gasteiger partial charge in [-0.1, -0.05) is 0 Å². The number of methoxy groups -OCH3 is 3. The van der Waals surface area contributed by atoms with E-state index >= 15 is 0 Å². The lowest BCUT2D eigenvalue weighted by Crippen LogP contribution is -2.44. The number of hydrogen-bond acceptors (Lipinski definition) is 7. The van der Waals surface area contributed by atoms with Crippen LogP contribution in [-0.4, -0.2) is 61.3 Å². The van der Waals surface area contributed by atoms with Crippen LogP contribution in [0.3, 0.4) is 0 Å². The van der Waals surface area contributed by atoms with Gasteiger partial charge < -0.3 is 23.8 Å². The summed E-state index contributed by atoms with van der Waals surface area (Å²) in [7, 11) is 4.58. The highest BCUT2D eigenvalue weighted by Gasteiger charge is 2.27. The van der Waals surface area contributed by atoms with Crippen LogP contribution in [0.4, 0.5) is 0 Å². The van der Waals surface area contributed by atoms with Crippen LogP contribution in [0, 0.1) is 0 Å². The van der Waals surface area contributed by atoms with Crippen LogP contribution in [0.1, 0.15) is 23.2 Å². The monoisotopic (exact) mass is 373 g/mol. The molecular weight excluding hydrogens is 350 g/mol. The lowest BCUT2D eigenvalue weighted by atomic mass is 10.1. The summed E-state index contributed by atoms with van der Waals surface area (Å²) in [6.45, 7) is 1.12. The van der Waals surface area contributed by atoms with Crippen molar-refractivity contribution in [3.63, 3.8) is 0 Å². The first-order chi connectivity index (χ1) is 13.2. The predicted molar refractivity (Wildman–Crippen MR) is 97.7 cm³/mol. The third-order valence-corrected chi connectivity index (χ3v) is 4.39. The zero-order chi connectivity index (χ0) is 19.2. The second-order valence-corrected chi connectivity index (χ2v) is 6.08. The molecule has 0 bridgehead atoms. The Morgan fingerprint density at radius 1 is 1.07 bits per heavy atom. The van der Waals surface area contributed by atoms with Crippen LogP contribution in [0.5, 0.6) is 23.3 Å². The van der Waals surface area contributed by atoms with Crippen LogP contribution in [-0.2, 0) is 0 Å². The van der Waals surface area contributed by atoms with Crippen molar-refractivity contribution >= 4 is 5.91 Å². The molecule has 2 heterocycles. The quantitative estimate of drug-likeness (QED) is 0.767. The summed E-state index contributed by atoms with van der Waals surface area (Å²) in [4.78, 5) is 22.9. The molecule has 1 amide bonds. The van der Waals surface area contributed by atoms with Crippen molar-refractivity contribution < 1.29 is 23.7 Å². The third-order valence-electron chi connectivity index (χ3n) is 4.39. The molecule has 27 heavy (non-hydrogen) atoms. The minimum absolute atomic E-state index is 0.114. The number of aromatic nitrogens is 2. The molecule has 0 spiro atoms. The Balaban J connectivity index is 1.76. The van der Waals surface area contributed by atoms with Gasteiger partial charge in [0.2, 0.25) is 5.75 Å². The minimum atomic E-state index is -0.146. The molecule has 1 atom stereocenters. The van der Waals surface area contributed by atoms with Crippen LogP contribution in [0.25, 0.3) is 0 Å². The number of likely N-dealkylation sites (tertiary alicyclic amines) is 1. The minimum Gasteiger partial charge on any atom is -0.493 e. The number of hydrogen-bond donors (Lipinski definition) is 0. The Labute approximate surface area is 158 Å². The van der Waals surface area contributed by atoms with E-state index in [1.165, 1.54) is 21.3 Å². The first kappa shape index (κ1) is 18.8. The van der Waals surface area contributed by atoms with E-state index in [4.69, 9.17) is 18.9 Å². The van der Waals surface area contributed by atoms with Crippen LogP contribution >= 0.6 is 0 Å². The maximum absolute atomic E-state index is 13.0. The van der Waals surface area contributed by atoms with Gasteiger partial charge in [-0.2, -0.15) is 0 Å². The maximum atomic E-state index is 13.0. The van der Waals surface area contributed by atoms with E-state index in [-0.39, 0.29) is 12.0 Å². The summed E-state index contributed by atoms with van der Waals surface area (Å²) in [6, 6.07) is 5.38. The van der Waals surface area contributed by atoms with E-state index in [1.807, 2.05) is 0 Å². The average Bonchev–Trinajstić information content (AvgIpc) is 2.73. The summed E-state index contributed by atoms with van der Waals surface area (Å²) in [5, 5.41) is 0. The van der Waals surface area contributed by atoms with Crippen molar-refractivity contribution in [3.8, 4) is 23.3 Å². The number of carbonyl (C=O) groups excluding carboxylic acids is 1. The van der Waals surface area contributed by atoms with E-state index in [1.54, 1.807) is 35.5 Å². The fourth-order valence-electron chi connectivity index (χ4n) is 3.10. The van der Waals surface area contributed by atoms with Gasteiger partial charge in [0.1, 0.15) is 6.10 Å². The van der Waals surface area contributed by atoms with Gasteiger partial charge >= 0.3 is 6.01 Å². The Morgan fingerprint density at radius 2 is 1.74 bits per heavy atom. The average molecular weight is 373 g/mol. The van der Waals surface area contributed by atoms with Gasteiger partial charge in [-0.05, 0) is 31.0 Å². The van der Waals surface area contributed by atoms with Gasteiger partial charge in [0.05, 0.1) is 27.9 Å². The van der Waals surface area contributed by atoms with Gasteiger partial charge in [0.15, 0.2) is 11.5 Å². The van der Waals surface area contributed by atoms with Gasteiger partial charge in [-0.3, -0.25) is 4.79 Å². The van der Waals surface area contributed by atoms with E-state index in [0.717, 1.165) is 12.8 Å². The maximum Gasteiger partial charge on any atom is 0.316 e. The number of nitrogens with zero attached hydrogens (tertiary/aromatic N) is 3. The summed E-state index contributed by atoms with van der Waals surface area (Å²) in [5.41, 5.74) is 0.473. The number of rotatable bonds is 6. The number of amides is 1. The largest absolute Gasteiger partial charge is 0.493 e. The smallest absolute Gasteiger partial charge is 0.316 e. The predicted octanol–water partition coefficient (Wildman–Crippen LogP) is 2.19. The van der Waals surface area contributed by atoms with E-state index < -0.39 is 0 Å². The number of ether oxygens (including phenoxy) is 4. The fraction of sp³-hybridized carbons (Fsp3) is 0.421. The van der Waals surface area contributed by atoms with Gasteiger partial charge in [0, 0.05) is 24.5 Å². The molecule has 1 aromatic carbocycles. The summed E-state index contributed by atoms with van der Waals surface area (Å²) >= 11 is 0. The van der Waals surface area contributed by atoms with Crippen LogP contribution < -0.4 is 18.9 Å². The fourth-order valence-corrected chi connectivity index (χ4v) is 3.10. The highest BCUT2D eigenvalue weighted by atomic mass is 16.5. The molecule has 8 nitrogen and oxygen atoms in total. The molecule has 0 N–H and O–H groups in total. The summed E-state index contributed by atoms with van der Waals surface area (Å²) < 4.78 is 21.8. The van der Waals surface area contributed by atoms with Crippen molar-refractivity contribution in [2.75, 3.05) is 34.4 Å². The summed E-state index contributed by atoms with van der Waals surface area (Å²) in [5.74, 6) is 1.24. The number of carbonyl (C=O) groups is 1. The molecule has 0 saturated carbocycles. The molecular formula is C19H23N3O5. The van der Waals surface area contributed by atoms with Crippen molar-refractivity contribution in [1.29, 1.82) is 0 Å². The second-order valence-electron chi connectivity index (χ2n) is 6.08. The number of benzene rings is 1. The van der Waals surface area contributed by atoms with Crippen molar-refractivity contribution in [1.82, 2.24) is 14.9 Å². The van der Waals surface area contributed by atoms with E-state index in [9.17, 15) is 4.79 Å². The molecule has 2 aromatic rings. The molecule has 144 valence electrons. The van der Waals surface area contributed by atoms with Crippen molar-refractivity contribution in [3.05, 3.63) is 36.2 Å². The Morgan fingerprint density at radius 3 is 2.33 bits per heavy atom.